The van der Waals surface area contributed by atoms with Gasteiger partial charge in [-0.3, -0.25) is 4.79 Å². The predicted octanol–water partition coefficient (Wildman–Crippen LogP) is 2.76. The molecule has 1 aliphatic heterocycles. The molecule has 2 fully saturated rings. The lowest BCUT2D eigenvalue weighted by molar-refractivity contribution is -0.135. The van der Waals surface area contributed by atoms with E-state index in [0.717, 1.165) is 31.2 Å². The average molecular weight is 401 g/mol. The third kappa shape index (κ3) is 3.51. The van der Waals surface area contributed by atoms with Crippen molar-refractivity contribution in [3.05, 3.63) is 29.3 Å². The molecule has 0 radical (unpaired) electrons. The van der Waals surface area contributed by atoms with E-state index in [1.54, 1.807) is 17.9 Å². The molecule has 3 rings (SSSR count). The highest BCUT2D eigenvalue weighted by Gasteiger charge is 2.55. The van der Waals surface area contributed by atoms with Crippen LogP contribution in [0.2, 0.25) is 0 Å². The minimum Gasteiger partial charge on any atom is -0.340 e. The summed E-state index contributed by atoms with van der Waals surface area (Å²) in [6.07, 6.45) is 4.10. The van der Waals surface area contributed by atoms with Gasteiger partial charge >= 0.3 is 0 Å². The van der Waals surface area contributed by atoms with E-state index in [0.29, 0.717) is 36.4 Å². The third-order valence-corrected chi connectivity index (χ3v) is 8.32. The van der Waals surface area contributed by atoms with Gasteiger partial charge in [-0.1, -0.05) is 25.0 Å². The van der Waals surface area contributed by atoms with Crippen LogP contribution in [0.3, 0.4) is 0 Å². The van der Waals surface area contributed by atoms with Crippen molar-refractivity contribution in [2.45, 2.75) is 68.1 Å². The second kappa shape index (κ2) is 7.87. The number of carbonyl (C=O) groups excluding carboxylic acids is 1. The standard InChI is InChI=1S/C19H28N2O3S.ClH/c1-14-7-8-15(2)17(12-14)25(23,24)19(9-3-4-10-19)18(22)21-11-5-6-16(20)13-21;/h7-8,12,16H,3-6,9-11,13,20H2,1-2H3;1H. The lowest BCUT2D eigenvalue weighted by Crippen LogP contribution is -2.56. The molecule has 1 aromatic rings. The summed E-state index contributed by atoms with van der Waals surface area (Å²) in [4.78, 5) is 15.4. The minimum absolute atomic E-state index is 0. The number of sulfone groups is 1. The zero-order valence-corrected chi connectivity index (χ0v) is 17.2. The maximum absolute atomic E-state index is 13.6. The lowest BCUT2D eigenvalue weighted by atomic mass is 10.0. The Kier molecular flexibility index (Phi) is 6.41. The number of halogens is 1. The van der Waals surface area contributed by atoms with Crippen LogP contribution in [-0.2, 0) is 14.6 Å². The molecular weight excluding hydrogens is 372 g/mol. The van der Waals surface area contributed by atoms with Crippen LogP contribution in [-0.4, -0.2) is 43.1 Å². The van der Waals surface area contributed by atoms with Crippen LogP contribution in [0.4, 0.5) is 0 Å². The Morgan fingerprint density at radius 1 is 1.19 bits per heavy atom. The van der Waals surface area contributed by atoms with E-state index < -0.39 is 14.6 Å². The normalized spacial score (nSPS) is 22.7. The number of amides is 1. The van der Waals surface area contributed by atoms with Gasteiger partial charge in [-0.05, 0) is 56.7 Å². The van der Waals surface area contributed by atoms with Crippen molar-refractivity contribution in [1.82, 2.24) is 4.90 Å². The van der Waals surface area contributed by atoms with E-state index >= 15 is 0 Å². The zero-order chi connectivity index (χ0) is 18.2. The summed E-state index contributed by atoms with van der Waals surface area (Å²) in [5.41, 5.74) is 7.63. The molecule has 1 atom stereocenters. The summed E-state index contributed by atoms with van der Waals surface area (Å²) in [5.74, 6) is -0.235. The fraction of sp³-hybridized carbons (Fsp3) is 0.632. The van der Waals surface area contributed by atoms with Gasteiger partial charge in [0.25, 0.3) is 0 Å². The van der Waals surface area contributed by atoms with Gasteiger partial charge < -0.3 is 10.6 Å². The summed E-state index contributed by atoms with van der Waals surface area (Å²) >= 11 is 0. The average Bonchev–Trinajstić information content (AvgIpc) is 3.08. The molecule has 1 heterocycles. The molecule has 146 valence electrons. The Bertz CT molecular complexity index is 773. The fourth-order valence-corrected chi connectivity index (χ4v) is 6.67. The first-order valence-corrected chi connectivity index (χ1v) is 10.6. The predicted molar refractivity (Wildman–Crippen MR) is 105 cm³/mol. The van der Waals surface area contributed by atoms with Gasteiger partial charge in [0.1, 0.15) is 0 Å². The van der Waals surface area contributed by atoms with E-state index in [4.69, 9.17) is 5.73 Å². The number of rotatable bonds is 3. The topological polar surface area (TPSA) is 80.5 Å². The van der Waals surface area contributed by atoms with Gasteiger partial charge in [-0.2, -0.15) is 0 Å². The maximum Gasteiger partial charge on any atom is 0.244 e. The number of piperidine rings is 1. The maximum atomic E-state index is 13.6. The van der Waals surface area contributed by atoms with Gasteiger partial charge in [0, 0.05) is 19.1 Å². The van der Waals surface area contributed by atoms with Crippen molar-refractivity contribution in [3.8, 4) is 0 Å². The highest BCUT2D eigenvalue weighted by Crippen LogP contribution is 2.43. The van der Waals surface area contributed by atoms with Crippen LogP contribution in [0, 0.1) is 13.8 Å². The first kappa shape index (κ1) is 21.2. The Morgan fingerprint density at radius 3 is 2.46 bits per heavy atom. The molecule has 1 saturated carbocycles. The molecule has 0 bridgehead atoms. The molecule has 7 heteroatoms. The number of carbonyl (C=O) groups is 1. The summed E-state index contributed by atoms with van der Waals surface area (Å²) in [5, 5.41) is 0. The monoisotopic (exact) mass is 400 g/mol. The Hall–Kier alpha value is -1.11. The lowest BCUT2D eigenvalue weighted by Gasteiger charge is -2.38. The molecule has 0 aromatic heterocycles. The van der Waals surface area contributed by atoms with Crippen LogP contribution < -0.4 is 5.73 Å². The highest BCUT2D eigenvalue weighted by atomic mass is 35.5. The molecule has 5 nitrogen and oxygen atoms in total. The van der Waals surface area contributed by atoms with E-state index in [1.807, 2.05) is 19.1 Å². The molecular formula is C19H29ClN2O3S. The quantitative estimate of drug-likeness (QED) is 0.845. The van der Waals surface area contributed by atoms with Crippen molar-refractivity contribution in [2.75, 3.05) is 13.1 Å². The summed E-state index contributed by atoms with van der Waals surface area (Å²) < 4.78 is 25.9. The van der Waals surface area contributed by atoms with Crippen LogP contribution in [0.1, 0.15) is 49.7 Å². The fourth-order valence-electron chi connectivity index (χ4n) is 4.23. The number of hydrogen-bond acceptors (Lipinski definition) is 4. The highest BCUT2D eigenvalue weighted by molar-refractivity contribution is 7.93. The molecule has 0 spiro atoms. The van der Waals surface area contributed by atoms with Crippen molar-refractivity contribution in [1.29, 1.82) is 0 Å². The van der Waals surface area contributed by atoms with Crippen molar-refractivity contribution in [3.63, 3.8) is 0 Å². The number of likely N-dealkylation sites (tertiary alicyclic amines) is 1. The van der Waals surface area contributed by atoms with E-state index in [9.17, 15) is 13.2 Å². The van der Waals surface area contributed by atoms with Gasteiger partial charge in [-0.25, -0.2) is 8.42 Å². The molecule has 1 aliphatic carbocycles. The van der Waals surface area contributed by atoms with Crippen LogP contribution in [0.5, 0.6) is 0 Å². The Morgan fingerprint density at radius 2 is 1.85 bits per heavy atom. The summed E-state index contributed by atoms with van der Waals surface area (Å²) in [6, 6.07) is 5.38. The number of nitrogens with zero attached hydrogens (tertiary/aromatic N) is 1. The van der Waals surface area contributed by atoms with Gasteiger partial charge in [0.2, 0.25) is 5.91 Å². The molecule has 26 heavy (non-hydrogen) atoms. The third-order valence-electron chi connectivity index (χ3n) is 5.69. The van der Waals surface area contributed by atoms with Crippen LogP contribution in [0.15, 0.2) is 23.1 Å². The number of benzene rings is 1. The van der Waals surface area contributed by atoms with Gasteiger partial charge in [0.05, 0.1) is 4.90 Å². The van der Waals surface area contributed by atoms with E-state index in [-0.39, 0.29) is 24.4 Å². The molecule has 1 unspecified atom stereocenters. The number of nitrogens with two attached hydrogens (primary N) is 1. The Labute approximate surface area is 162 Å². The minimum atomic E-state index is -3.75. The number of hydrogen-bond donors (Lipinski definition) is 1. The van der Waals surface area contributed by atoms with Gasteiger partial charge in [0.15, 0.2) is 14.6 Å². The zero-order valence-electron chi connectivity index (χ0n) is 15.5. The first-order chi connectivity index (χ1) is 11.8. The first-order valence-electron chi connectivity index (χ1n) is 9.15. The van der Waals surface area contributed by atoms with Crippen LogP contribution >= 0.6 is 12.4 Å². The summed E-state index contributed by atoms with van der Waals surface area (Å²) in [7, 11) is -3.75. The van der Waals surface area contributed by atoms with E-state index in [1.165, 1.54) is 0 Å². The number of aryl methyl sites for hydroxylation is 2. The van der Waals surface area contributed by atoms with Gasteiger partial charge in [-0.15, -0.1) is 12.4 Å². The smallest absolute Gasteiger partial charge is 0.244 e. The molecule has 1 amide bonds. The molecule has 1 aromatic carbocycles. The van der Waals surface area contributed by atoms with Crippen LogP contribution in [0.25, 0.3) is 0 Å². The molecule has 1 saturated heterocycles. The Balaban J connectivity index is 0.00000243. The second-order valence-electron chi connectivity index (χ2n) is 7.63. The molecule has 2 aliphatic rings. The van der Waals surface area contributed by atoms with Crippen molar-refractivity contribution in [2.24, 2.45) is 5.73 Å². The van der Waals surface area contributed by atoms with Crippen molar-refractivity contribution >= 4 is 28.2 Å². The SMILES string of the molecule is Cc1ccc(C)c(S(=O)(=O)C2(C(=O)N3CCCC(N)C3)CCCC2)c1.Cl. The summed E-state index contributed by atoms with van der Waals surface area (Å²) in [6.45, 7) is 4.75. The second-order valence-corrected chi connectivity index (χ2v) is 9.86. The van der Waals surface area contributed by atoms with E-state index in [2.05, 4.69) is 0 Å². The largest absolute Gasteiger partial charge is 0.340 e. The molecule has 2 N–H and O–H groups in total. The van der Waals surface area contributed by atoms with Crippen molar-refractivity contribution < 1.29 is 13.2 Å².